The van der Waals surface area contributed by atoms with Crippen LogP contribution in [0.1, 0.15) is 164 Å². The molecule has 0 spiro atoms. The zero-order chi connectivity index (χ0) is 70.3. The Hall–Kier alpha value is -12.3. The summed E-state index contributed by atoms with van der Waals surface area (Å²) in [4.78, 5) is 133. The van der Waals surface area contributed by atoms with Crippen molar-refractivity contribution >= 4 is 108 Å². The van der Waals surface area contributed by atoms with Crippen molar-refractivity contribution in [3.8, 4) is 0 Å². The maximum Gasteiger partial charge on any atom is 0.335 e. The molecule has 0 fully saturated rings. The number of hydrogen-bond donors (Lipinski definition) is 7. The van der Waals surface area contributed by atoms with E-state index in [2.05, 4.69) is 26.6 Å². The second-order valence-electron chi connectivity index (χ2n) is 24.8. The predicted octanol–water partition coefficient (Wildman–Crippen LogP) is 10.3. The van der Waals surface area contributed by atoms with Crippen LogP contribution in [-0.2, 0) is 45.4 Å². The zero-order valence-electron chi connectivity index (χ0n) is 54.9. The third kappa shape index (κ3) is 14.4. The molecule has 100 heavy (non-hydrogen) atoms. The van der Waals surface area contributed by atoms with E-state index in [-0.39, 0.29) is 83.1 Å². The number of hydrogen-bond acceptors (Lipinski definition) is 11. The number of Topliss-reactive ketones (excluding diaryl/α,β-unsaturated/α-hetero) is 4. The third-order valence-corrected chi connectivity index (χ3v) is 18.3. The molecule has 4 aliphatic rings. The Balaban J connectivity index is 0.000000128. The van der Waals surface area contributed by atoms with Crippen molar-refractivity contribution in [1.82, 2.24) is 44.9 Å². The highest BCUT2D eigenvalue weighted by molar-refractivity contribution is 6.08. The van der Waals surface area contributed by atoms with Gasteiger partial charge in [-0.15, -0.1) is 0 Å². The lowest BCUT2D eigenvalue weighted by atomic mass is 9.96. The SMILES string of the molecule is CC(=O)c1ccccc1CC(=O)c1ccc2cc3n(c2c1)CCCNC3=O.CNC(=O)c1ccccc1CC(=O)c1ccc2cc3n(c2c1)CCCNC3=O.O=C(Cc1ccccc1C(=O)O)c1ccc2cc3n(c2c1)CCCNC3=O.O=C(O)c1ccc2cc3n(c2c1)CCCNC3=O. The van der Waals surface area contributed by atoms with Gasteiger partial charge in [0.1, 0.15) is 22.8 Å². The highest BCUT2D eigenvalue weighted by Gasteiger charge is 2.25. The number of aromatic carboxylic acids is 2. The number of amides is 5. The van der Waals surface area contributed by atoms with Crippen LogP contribution < -0.4 is 26.6 Å². The molecule has 0 atom stereocenters. The minimum absolute atomic E-state index is 0.0159. The number of rotatable bonds is 13. The largest absolute Gasteiger partial charge is 0.478 e. The Morgan fingerprint density at radius 1 is 0.370 bits per heavy atom. The number of nitrogens with one attached hydrogen (secondary N) is 5. The lowest BCUT2D eigenvalue weighted by molar-refractivity contribution is 0.0685. The number of ketones is 4. The molecule has 22 heteroatoms. The van der Waals surface area contributed by atoms with Gasteiger partial charge in [0.05, 0.1) is 11.1 Å². The summed E-state index contributed by atoms with van der Waals surface area (Å²) in [5, 5.41) is 36.1. The van der Waals surface area contributed by atoms with E-state index in [1.807, 2.05) is 91.1 Å². The summed E-state index contributed by atoms with van der Waals surface area (Å²) in [6.07, 6.45) is 3.71. The first kappa shape index (κ1) is 67.6. The molecule has 7 aromatic carbocycles. The smallest absolute Gasteiger partial charge is 0.335 e. The van der Waals surface area contributed by atoms with Crippen molar-refractivity contribution in [1.29, 1.82) is 0 Å². The van der Waals surface area contributed by atoms with Gasteiger partial charge in [0.25, 0.3) is 29.5 Å². The quantitative estimate of drug-likeness (QED) is 0.0529. The molecule has 0 saturated heterocycles. The van der Waals surface area contributed by atoms with E-state index in [4.69, 9.17) is 5.11 Å². The number of fused-ring (bicyclic) bond motifs is 12. The normalized spacial score (nSPS) is 13.9. The van der Waals surface area contributed by atoms with Crippen LogP contribution in [0.5, 0.6) is 0 Å². The molecule has 15 rings (SSSR count). The topological polar surface area (TPSA) is 308 Å². The summed E-state index contributed by atoms with van der Waals surface area (Å²) < 4.78 is 7.80. The van der Waals surface area contributed by atoms with Crippen molar-refractivity contribution < 1.29 is 63.0 Å². The first-order valence-electron chi connectivity index (χ1n) is 33.0. The zero-order valence-corrected chi connectivity index (χ0v) is 54.9. The number of aromatic nitrogens is 4. The number of carboxylic acid groups (broad SMARTS) is 2. The van der Waals surface area contributed by atoms with E-state index in [9.17, 15) is 57.8 Å². The minimum atomic E-state index is -1.04. The van der Waals surface area contributed by atoms with Crippen LogP contribution in [0.15, 0.2) is 170 Å². The van der Waals surface area contributed by atoms with E-state index in [0.29, 0.717) is 94.4 Å². The van der Waals surface area contributed by atoms with Crippen molar-refractivity contribution in [3.05, 3.63) is 248 Å². The highest BCUT2D eigenvalue weighted by Crippen LogP contribution is 2.29. The molecule has 4 aromatic heterocycles. The lowest BCUT2D eigenvalue weighted by Crippen LogP contribution is -2.22. The summed E-state index contributed by atoms with van der Waals surface area (Å²) in [7, 11) is 1.57. The molecule has 0 aliphatic carbocycles. The Bertz CT molecular complexity index is 5010. The van der Waals surface area contributed by atoms with E-state index in [0.717, 1.165) is 94.5 Å². The van der Waals surface area contributed by atoms with Crippen molar-refractivity contribution in [3.63, 3.8) is 0 Å². The minimum Gasteiger partial charge on any atom is -0.478 e. The van der Waals surface area contributed by atoms with Crippen LogP contribution in [-0.4, -0.2) is 126 Å². The lowest BCUT2D eigenvalue weighted by Gasteiger charge is -2.09. The number of aryl methyl sites for hydroxylation is 4. The van der Waals surface area contributed by atoms with Crippen LogP contribution >= 0.6 is 0 Å². The second kappa shape index (κ2) is 29.6. The summed E-state index contributed by atoms with van der Waals surface area (Å²) >= 11 is 0. The Labute approximate surface area is 573 Å². The molecule has 0 saturated carbocycles. The molecule has 0 radical (unpaired) electrons. The highest BCUT2D eigenvalue weighted by atomic mass is 16.4. The van der Waals surface area contributed by atoms with E-state index >= 15 is 0 Å². The molecular weight excluding hydrogens is 1270 g/mol. The van der Waals surface area contributed by atoms with Crippen LogP contribution in [0, 0.1) is 0 Å². The van der Waals surface area contributed by atoms with Gasteiger partial charge in [-0.1, -0.05) is 103 Å². The Kier molecular flexibility index (Phi) is 20.0. The maximum absolute atomic E-state index is 12.9. The monoisotopic (exact) mass is 1340 g/mol. The molecule has 11 aromatic rings. The van der Waals surface area contributed by atoms with E-state index in [1.54, 1.807) is 98.0 Å². The summed E-state index contributed by atoms with van der Waals surface area (Å²) in [6.45, 7) is 7.00. The molecule has 0 unspecified atom stereocenters. The van der Waals surface area contributed by atoms with Gasteiger partial charge < -0.3 is 55.1 Å². The molecule has 4 aliphatic heterocycles. The van der Waals surface area contributed by atoms with Gasteiger partial charge in [-0.3, -0.25) is 43.2 Å². The van der Waals surface area contributed by atoms with Gasteiger partial charge in [0, 0.05) is 150 Å². The van der Waals surface area contributed by atoms with Crippen molar-refractivity contribution in [2.75, 3.05) is 33.2 Å². The van der Waals surface area contributed by atoms with E-state index in [1.165, 1.54) is 13.0 Å². The van der Waals surface area contributed by atoms with Crippen molar-refractivity contribution in [2.45, 2.75) is 78.0 Å². The number of carbonyl (C=O) groups excluding carboxylic acids is 9. The van der Waals surface area contributed by atoms with Gasteiger partial charge in [-0.25, -0.2) is 9.59 Å². The van der Waals surface area contributed by atoms with Crippen LogP contribution in [0.2, 0.25) is 0 Å². The molecule has 0 bridgehead atoms. The predicted molar refractivity (Wildman–Crippen MR) is 376 cm³/mol. The fourth-order valence-corrected chi connectivity index (χ4v) is 13.3. The average molecular weight is 1340 g/mol. The molecule has 22 nitrogen and oxygen atoms in total. The fourth-order valence-electron chi connectivity index (χ4n) is 13.3. The summed E-state index contributed by atoms with van der Waals surface area (Å²) in [6, 6.07) is 49.6. The molecule has 5 amide bonds. The van der Waals surface area contributed by atoms with Gasteiger partial charge in [0.2, 0.25) is 0 Å². The first-order chi connectivity index (χ1) is 48.3. The average Bonchev–Trinajstić information content (AvgIpc) is 1.64. The van der Waals surface area contributed by atoms with Crippen molar-refractivity contribution in [2.24, 2.45) is 0 Å². The third-order valence-electron chi connectivity index (χ3n) is 18.3. The van der Waals surface area contributed by atoms with Crippen LogP contribution in [0.3, 0.4) is 0 Å². The molecule has 7 N–H and O–H groups in total. The van der Waals surface area contributed by atoms with Crippen LogP contribution in [0.4, 0.5) is 0 Å². The Morgan fingerprint density at radius 2 is 0.660 bits per heavy atom. The van der Waals surface area contributed by atoms with Crippen LogP contribution in [0.25, 0.3) is 43.6 Å². The van der Waals surface area contributed by atoms with Gasteiger partial charge in [-0.05, 0) is 116 Å². The molecule has 506 valence electrons. The van der Waals surface area contributed by atoms with E-state index < -0.39 is 11.9 Å². The molecular formula is C78H71N9O13. The van der Waals surface area contributed by atoms with Gasteiger partial charge >= 0.3 is 11.9 Å². The summed E-state index contributed by atoms with van der Waals surface area (Å²) in [5.41, 5.74) is 11.0. The summed E-state index contributed by atoms with van der Waals surface area (Å²) in [5.74, 6) is -2.87. The number of carbonyl (C=O) groups is 11. The number of benzene rings is 7. The van der Waals surface area contributed by atoms with Gasteiger partial charge in [0.15, 0.2) is 23.1 Å². The first-order valence-corrected chi connectivity index (χ1v) is 33.0. The molecule has 8 heterocycles. The fraction of sp³-hybridized carbons (Fsp3) is 0.218. The van der Waals surface area contributed by atoms with Gasteiger partial charge in [-0.2, -0.15) is 0 Å². The number of nitrogens with zero attached hydrogens (tertiary/aromatic N) is 4. The maximum atomic E-state index is 12.9. The number of carboxylic acids is 2. The second-order valence-corrected chi connectivity index (χ2v) is 24.8. The standard InChI is InChI=1S/C22H21N3O3.C22H20N2O3.C21H18N2O4.C13H12N2O3/c1-23-21(27)17-6-3-2-5-14(17)13-20(26)16-8-7-15-11-19-22(28)24-9-4-10-25(19)18(15)12-16;1-14(25)18-6-3-2-5-15(18)13-21(26)17-8-7-16-11-20-22(27)23-9-4-10-24(20)19(16)12-17;24-19(12-13-4-1-2-5-16(13)21(26)27)15-7-6-14-10-18-20(25)22-8-3-9-23(18)17(14)11-15;16-12-11-6-8-2-3-9(13(17)18)7-10(8)15(11)5-1-4-14-12/h2-3,5-8,11-12H,4,9-10,13H2,1H3,(H,23,27)(H,24,28);2-3,5-8,11-12H,4,9-10,13H2,1H3,(H,23,27);1-2,4-7,10-11H,3,8-9,12H2,(H,22,25)(H,26,27);2-3,6-7H,1,4-5H2,(H,14,16)(H,17,18). The Morgan fingerprint density at radius 3 is 0.980 bits per heavy atom.